The van der Waals surface area contributed by atoms with E-state index >= 15 is 0 Å². The minimum absolute atomic E-state index is 0.0131. The first-order valence-electron chi connectivity index (χ1n) is 8.59. The van der Waals surface area contributed by atoms with Gasteiger partial charge in [0.1, 0.15) is 17.3 Å². The molecule has 4 heteroatoms. The Kier molecular flexibility index (Phi) is 4.30. The molecule has 0 saturated heterocycles. The highest BCUT2D eigenvalue weighted by atomic mass is 16.5. The zero-order valence-electron chi connectivity index (χ0n) is 14.7. The van der Waals surface area contributed by atoms with Crippen LogP contribution >= 0.6 is 0 Å². The minimum atomic E-state index is -0.201. The lowest BCUT2D eigenvalue weighted by molar-refractivity contribution is 0.104. The second-order valence-electron chi connectivity index (χ2n) is 6.20. The molecule has 0 aromatic heterocycles. The zero-order chi connectivity index (χ0) is 18.8. The first-order valence-corrected chi connectivity index (χ1v) is 8.59. The number of fused-ring (bicyclic) bond motifs is 1. The number of para-hydroxylation sites is 1. The maximum absolute atomic E-state index is 12.6. The van der Waals surface area contributed by atoms with Gasteiger partial charge in [0.2, 0.25) is 0 Å². The fourth-order valence-electron chi connectivity index (χ4n) is 3.06. The van der Waals surface area contributed by atoms with Crippen LogP contribution < -0.4 is 4.74 Å². The number of aliphatic hydroxyl groups excluding tert-OH is 1. The Bertz CT molecular complexity index is 1060. The summed E-state index contributed by atoms with van der Waals surface area (Å²) in [6.07, 6.45) is 0. The van der Waals surface area contributed by atoms with Crippen molar-refractivity contribution in [2.45, 2.75) is 6.92 Å². The van der Waals surface area contributed by atoms with Crippen molar-refractivity contribution in [2.75, 3.05) is 0 Å². The van der Waals surface area contributed by atoms with Crippen LogP contribution in [0.3, 0.4) is 0 Å². The fourth-order valence-corrected chi connectivity index (χ4v) is 3.06. The molecule has 3 aromatic carbocycles. The van der Waals surface area contributed by atoms with Crippen LogP contribution in [0.4, 0.5) is 5.69 Å². The highest BCUT2D eigenvalue weighted by Crippen LogP contribution is 2.32. The Hall–Kier alpha value is -3.66. The van der Waals surface area contributed by atoms with E-state index < -0.39 is 0 Å². The van der Waals surface area contributed by atoms with Crippen molar-refractivity contribution >= 4 is 22.9 Å². The van der Waals surface area contributed by atoms with Crippen molar-refractivity contribution in [1.82, 2.24) is 0 Å². The molecule has 0 saturated carbocycles. The molecular formula is C23H17NO3. The lowest BCUT2D eigenvalue weighted by Crippen LogP contribution is -2.07. The van der Waals surface area contributed by atoms with Crippen molar-refractivity contribution in [2.24, 2.45) is 4.99 Å². The molecule has 4 rings (SSSR count). The summed E-state index contributed by atoms with van der Waals surface area (Å²) >= 11 is 0. The summed E-state index contributed by atoms with van der Waals surface area (Å²) in [5.74, 6) is 1.24. The Morgan fingerprint density at radius 3 is 2.07 bits per heavy atom. The van der Waals surface area contributed by atoms with E-state index in [1.807, 2.05) is 54.6 Å². The monoisotopic (exact) mass is 355 g/mol. The highest BCUT2D eigenvalue weighted by molar-refractivity contribution is 6.35. The average molecular weight is 355 g/mol. The van der Waals surface area contributed by atoms with Crippen LogP contribution in [0.25, 0.3) is 5.76 Å². The zero-order valence-corrected chi connectivity index (χ0v) is 14.7. The third-order valence-electron chi connectivity index (χ3n) is 4.36. The summed E-state index contributed by atoms with van der Waals surface area (Å²) in [7, 11) is 0. The maximum atomic E-state index is 12.6. The standard InChI is InChI=1S/C23H17NO3/c1-15(21-22(25)19-9-5-6-10-20(19)23(21)26)24-16-11-13-18(14-12-16)27-17-7-3-2-4-8-17/h2-14,25H,1H3. The first-order chi connectivity index (χ1) is 13.1. The number of nitrogens with zero attached hydrogens (tertiary/aromatic N) is 1. The predicted octanol–water partition coefficient (Wildman–Crippen LogP) is 5.74. The SMILES string of the molecule is CC(=Nc1ccc(Oc2ccccc2)cc1)C1=C(O)c2ccccc2C1=O. The van der Waals surface area contributed by atoms with Gasteiger partial charge in [0.15, 0.2) is 5.78 Å². The molecule has 0 atom stereocenters. The summed E-state index contributed by atoms with van der Waals surface area (Å²) in [6.45, 7) is 1.73. The average Bonchev–Trinajstić information content (AvgIpc) is 2.95. The van der Waals surface area contributed by atoms with Gasteiger partial charge in [-0.2, -0.15) is 0 Å². The van der Waals surface area contributed by atoms with Gasteiger partial charge in [-0.3, -0.25) is 9.79 Å². The number of allylic oxidation sites excluding steroid dienone is 1. The van der Waals surface area contributed by atoms with Gasteiger partial charge in [-0.1, -0.05) is 42.5 Å². The van der Waals surface area contributed by atoms with Crippen LogP contribution in [0.2, 0.25) is 0 Å². The number of Topliss-reactive ketones (excluding diaryl/α,β-unsaturated/α-hetero) is 1. The molecule has 0 unspecified atom stereocenters. The van der Waals surface area contributed by atoms with Crippen molar-refractivity contribution in [3.05, 3.63) is 95.6 Å². The van der Waals surface area contributed by atoms with E-state index in [9.17, 15) is 9.90 Å². The molecule has 1 N–H and O–H groups in total. The van der Waals surface area contributed by atoms with Crippen LogP contribution in [-0.2, 0) is 0 Å². The molecule has 1 aliphatic rings. The second kappa shape index (κ2) is 6.92. The molecule has 0 heterocycles. The number of carbonyl (C=O) groups excluding carboxylic acids is 1. The fraction of sp³-hybridized carbons (Fsp3) is 0.0435. The molecule has 0 bridgehead atoms. The predicted molar refractivity (Wildman–Crippen MR) is 106 cm³/mol. The molecule has 0 amide bonds. The van der Waals surface area contributed by atoms with E-state index in [0.29, 0.717) is 28.3 Å². The van der Waals surface area contributed by atoms with Gasteiger partial charge < -0.3 is 9.84 Å². The van der Waals surface area contributed by atoms with Gasteiger partial charge in [0.25, 0.3) is 0 Å². The van der Waals surface area contributed by atoms with Crippen LogP contribution in [0.15, 0.2) is 89.4 Å². The van der Waals surface area contributed by atoms with Crippen LogP contribution in [-0.4, -0.2) is 16.6 Å². The number of rotatable bonds is 4. The van der Waals surface area contributed by atoms with Crippen LogP contribution in [0, 0.1) is 0 Å². The van der Waals surface area contributed by atoms with Crippen LogP contribution in [0.1, 0.15) is 22.8 Å². The molecule has 132 valence electrons. The lowest BCUT2D eigenvalue weighted by atomic mass is 10.1. The van der Waals surface area contributed by atoms with Gasteiger partial charge in [-0.25, -0.2) is 0 Å². The quantitative estimate of drug-likeness (QED) is 0.607. The summed E-state index contributed by atoms with van der Waals surface area (Å²) < 4.78 is 5.76. The number of aliphatic hydroxyl groups is 1. The van der Waals surface area contributed by atoms with Crippen LogP contribution in [0.5, 0.6) is 11.5 Å². The van der Waals surface area contributed by atoms with E-state index in [4.69, 9.17) is 4.74 Å². The molecule has 0 spiro atoms. The molecule has 0 radical (unpaired) electrons. The van der Waals surface area contributed by atoms with E-state index in [0.717, 1.165) is 5.75 Å². The first kappa shape index (κ1) is 16.8. The third-order valence-corrected chi connectivity index (χ3v) is 4.36. The number of ketones is 1. The van der Waals surface area contributed by atoms with Gasteiger partial charge in [0, 0.05) is 11.1 Å². The number of hydrogen-bond acceptors (Lipinski definition) is 4. The van der Waals surface area contributed by atoms with Crippen molar-refractivity contribution < 1.29 is 14.6 Å². The summed E-state index contributed by atoms with van der Waals surface area (Å²) in [4.78, 5) is 17.1. The number of aliphatic imine (C=N–C) groups is 1. The normalized spacial score (nSPS) is 13.7. The van der Waals surface area contributed by atoms with Crippen molar-refractivity contribution in [3.63, 3.8) is 0 Å². The summed E-state index contributed by atoms with van der Waals surface area (Å²) in [5.41, 5.74) is 2.47. The molecular weight excluding hydrogens is 338 g/mol. The van der Waals surface area contributed by atoms with Gasteiger partial charge in [-0.05, 0) is 43.3 Å². The van der Waals surface area contributed by atoms with E-state index in [-0.39, 0.29) is 17.1 Å². The van der Waals surface area contributed by atoms with E-state index in [1.54, 1.807) is 31.2 Å². The molecule has 3 aromatic rings. The maximum Gasteiger partial charge on any atom is 0.199 e. The number of hydrogen-bond donors (Lipinski definition) is 1. The molecule has 0 aliphatic heterocycles. The Labute approximate surface area is 157 Å². The molecule has 0 fully saturated rings. The Morgan fingerprint density at radius 1 is 0.815 bits per heavy atom. The largest absolute Gasteiger partial charge is 0.506 e. The number of carbonyl (C=O) groups is 1. The van der Waals surface area contributed by atoms with E-state index in [1.165, 1.54) is 0 Å². The minimum Gasteiger partial charge on any atom is -0.506 e. The van der Waals surface area contributed by atoms with Crippen molar-refractivity contribution in [1.29, 1.82) is 0 Å². The van der Waals surface area contributed by atoms with Gasteiger partial charge >= 0.3 is 0 Å². The smallest absolute Gasteiger partial charge is 0.199 e. The van der Waals surface area contributed by atoms with Gasteiger partial charge in [0.05, 0.1) is 17.0 Å². The second-order valence-corrected chi connectivity index (χ2v) is 6.20. The summed E-state index contributed by atoms with van der Waals surface area (Å²) in [6, 6.07) is 23.8. The molecule has 27 heavy (non-hydrogen) atoms. The molecule has 4 nitrogen and oxygen atoms in total. The van der Waals surface area contributed by atoms with Crippen molar-refractivity contribution in [3.8, 4) is 11.5 Å². The third kappa shape index (κ3) is 3.25. The topological polar surface area (TPSA) is 58.9 Å². The number of ether oxygens (including phenoxy) is 1. The highest BCUT2D eigenvalue weighted by Gasteiger charge is 2.30. The Morgan fingerprint density at radius 2 is 1.41 bits per heavy atom. The number of benzene rings is 3. The van der Waals surface area contributed by atoms with Gasteiger partial charge in [-0.15, -0.1) is 0 Å². The summed E-state index contributed by atoms with van der Waals surface area (Å²) in [5, 5.41) is 10.4. The lowest BCUT2D eigenvalue weighted by Gasteiger charge is -2.06. The van der Waals surface area contributed by atoms with E-state index in [2.05, 4.69) is 4.99 Å². The molecule has 1 aliphatic carbocycles. The Balaban J connectivity index is 1.57.